The maximum absolute atomic E-state index is 11.2. The maximum atomic E-state index is 11.2. The van der Waals surface area contributed by atoms with Crippen LogP contribution in [0.3, 0.4) is 0 Å². The molecule has 7 heteroatoms. The summed E-state index contributed by atoms with van der Waals surface area (Å²) in [5, 5.41) is 2.63. The number of hydrogen-bond acceptors (Lipinski definition) is 5. The molecule has 0 radical (unpaired) electrons. The van der Waals surface area contributed by atoms with Gasteiger partial charge in [-0.2, -0.15) is 0 Å². The smallest absolute Gasteiger partial charge is 0.267 e. The van der Waals surface area contributed by atoms with E-state index in [9.17, 15) is 9.59 Å². The third-order valence-electron chi connectivity index (χ3n) is 2.16. The number of rotatable bonds is 3. The van der Waals surface area contributed by atoms with Gasteiger partial charge < -0.3 is 15.8 Å². The Morgan fingerprint density at radius 2 is 2.38 bits per heavy atom. The van der Waals surface area contributed by atoms with E-state index < -0.39 is 12.0 Å². The molecule has 0 aromatic carbocycles. The summed E-state index contributed by atoms with van der Waals surface area (Å²) in [7, 11) is 0. The van der Waals surface area contributed by atoms with Gasteiger partial charge in [0.05, 0.1) is 0 Å². The third-order valence-corrected chi connectivity index (χ3v) is 2.16. The highest BCUT2D eigenvalue weighted by molar-refractivity contribution is 5.90. The van der Waals surface area contributed by atoms with E-state index >= 15 is 0 Å². The van der Waals surface area contributed by atoms with E-state index in [-0.39, 0.29) is 17.5 Å². The number of hydrogen-bond donors (Lipinski definition) is 2. The van der Waals surface area contributed by atoms with E-state index in [2.05, 4.69) is 15.3 Å². The first-order valence-electron chi connectivity index (χ1n) is 4.73. The summed E-state index contributed by atoms with van der Waals surface area (Å²) in [6, 6.07) is 1.31. The van der Waals surface area contributed by atoms with Crippen molar-refractivity contribution in [3.8, 4) is 5.88 Å². The van der Waals surface area contributed by atoms with Crippen LogP contribution in [0.4, 0.5) is 0 Å². The van der Waals surface area contributed by atoms with Gasteiger partial charge in [0.25, 0.3) is 11.8 Å². The van der Waals surface area contributed by atoms with Crippen molar-refractivity contribution in [2.24, 2.45) is 5.73 Å². The Bertz CT molecular complexity index is 435. The minimum atomic E-state index is -0.664. The Labute approximate surface area is 91.0 Å². The van der Waals surface area contributed by atoms with Crippen molar-refractivity contribution in [1.29, 1.82) is 0 Å². The van der Waals surface area contributed by atoms with Crippen LogP contribution in [-0.2, 0) is 4.79 Å². The Kier molecular flexibility index (Phi) is 2.67. The summed E-state index contributed by atoms with van der Waals surface area (Å²) < 4.78 is 5.31. The summed E-state index contributed by atoms with van der Waals surface area (Å²) in [5.41, 5.74) is 5.11. The first-order chi connectivity index (χ1) is 7.66. The number of nitrogens with zero attached hydrogens (tertiary/aromatic N) is 2. The summed E-state index contributed by atoms with van der Waals surface area (Å²) in [6.07, 6.45) is 1.19. The molecule has 7 nitrogen and oxygen atoms in total. The van der Waals surface area contributed by atoms with Crippen molar-refractivity contribution in [1.82, 2.24) is 15.3 Å². The number of carbonyl (C=O) groups excluding carboxylic acids is 2. The molecule has 1 fully saturated rings. The molecule has 1 aliphatic rings. The van der Waals surface area contributed by atoms with E-state index in [0.29, 0.717) is 13.0 Å². The molecule has 0 aliphatic carbocycles. The molecule has 3 N–H and O–H groups in total. The molecule has 0 bridgehead atoms. The zero-order valence-corrected chi connectivity index (χ0v) is 8.34. The SMILES string of the molecule is NC(=O)c1cc(OC2CCNC2=O)ncn1. The van der Waals surface area contributed by atoms with Gasteiger partial charge >= 0.3 is 0 Å². The van der Waals surface area contributed by atoms with Gasteiger partial charge in [-0.15, -0.1) is 0 Å². The number of amides is 2. The van der Waals surface area contributed by atoms with Crippen molar-refractivity contribution in [3.63, 3.8) is 0 Å². The van der Waals surface area contributed by atoms with Gasteiger partial charge in [0.2, 0.25) is 5.88 Å². The monoisotopic (exact) mass is 222 g/mol. The van der Waals surface area contributed by atoms with Gasteiger partial charge in [-0.25, -0.2) is 9.97 Å². The zero-order chi connectivity index (χ0) is 11.5. The Balaban J connectivity index is 2.12. The average molecular weight is 222 g/mol. The molecule has 1 aliphatic heterocycles. The lowest BCUT2D eigenvalue weighted by atomic mass is 10.3. The highest BCUT2D eigenvalue weighted by Gasteiger charge is 2.26. The maximum Gasteiger partial charge on any atom is 0.267 e. The predicted molar refractivity (Wildman–Crippen MR) is 52.6 cm³/mol. The molecule has 2 heterocycles. The van der Waals surface area contributed by atoms with Crippen molar-refractivity contribution in [2.75, 3.05) is 6.54 Å². The lowest BCUT2D eigenvalue weighted by Crippen LogP contribution is -2.28. The molecular weight excluding hydrogens is 212 g/mol. The number of nitrogens with one attached hydrogen (secondary N) is 1. The molecule has 2 amide bonds. The Hall–Kier alpha value is -2.18. The summed E-state index contributed by atoms with van der Waals surface area (Å²) >= 11 is 0. The van der Waals surface area contributed by atoms with Crippen LogP contribution < -0.4 is 15.8 Å². The first kappa shape index (κ1) is 10.3. The van der Waals surface area contributed by atoms with Crippen LogP contribution in [0.2, 0.25) is 0 Å². The molecular formula is C9H10N4O3. The molecule has 2 rings (SSSR count). The van der Waals surface area contributed by atoms with Gasteiger partial charge in [-0.3, -0.25) is 9.59 Å². The van der Waals surface area contributed by atoms with Crippen LogP contribution in [0.1, 0.15) is 16.9 Å². The van der Waals surface area contributed by atoms with E-state index in [1.807, 2.05) is 0 Å². The predicted octanol–water partition coefficient (Wildman–Crippen LogP) is -1.16. The van der Waals surface area contributed by atoms with E-state index in [1.165, 1.54) is 12.4 Å². The van der Waals surface area contributed by atoms with Crippen LogP contribution in [0.5, 0.6) is 5.88 Å². The molecule has 16 heavy (non-hydrogen) atoms. The Morgan fingerprint density at radius 1 is 1.56 bits per heavy atom. The number of ether oxygens (including phenoxy) is 1. The molecule has 1 aromatic rings. The number of carbonyl (C=O) groups is 2. The van der Waals surface area contributed by atoms with E-state index in [0.717, 1.165) is 0 Å². The van der Waals surface area contributed by atoms with E-state index in [1.54, 1.807) is 0 Å². The van der Waals surface area contributed by atoms with Crippen LogP contribution in [0, 0.1) is 0 Å². The molecule has 1 unspecified atom stereocenters. The summed E-state index contributed by atoms with van der Waals surface area (Å²) in [6.45, 7) is 0.581. The number of primary amides is 1. The van der Waals surface area contributed by atoms with Crippen LogP contribution in [0.25, 0.3) is 0 Å². The minimum Gasteiger partial charge on any atom is -0.464 e. The van der Waals surface area contributed by atoms with Crippen molar-refractivity contribution in [3.05, 3.63) is 18.1 Å². The number of nitrogens with two attached hydrogens (primary N) is 1. The molecule has 1 saturated heterocycles. The molecule has 0 saturated carbocycles. The quantitative estimate of drug-likeness (QED) is 0.671. The van der Waals surface area contributed by atoms with E-state index in [4.69, 9.17) is 10.5 Å². The fourth-order valence-corrected chi connectivity index (χ4v) is 1.37. The number of aromatic nitrogens is 2. The molecule has 1 atom stereocenters. The standard InChI is InChI=1S/C9H10N4O3/c10-8(14)5-3-7(13-4-12-5)16-6-1-2-11-9(6)15/h3-4,6H,1-2H2,(H2,10,14)(H,11,15). The van der Waals surface area contributed by atoms with Crippen LogP contribution in [0.15, 0.2) is 12.4 Å². The van der Waals surface area contributed by atoms with Crippen molar-refractivity contribution >= 4 is 11.8 Å². The first-order valence-corrected chi connectivity index (χ1v) is 4.73. The van der Waals surface area contributed by atoms with Crippen molar-refractivity contribution in [2.45, 2.75) is 12.5 Å². The second-order valence-electron chi connectivity index (χ2n) is 3.29. The highest BCUT2D eigenvalue weighted by atomic mass is 16.5. The molecule has 1 aromatic heterocycles. The van der Waals surface area contributed by atoms with Gasteiger partial charge in [0.15, 0.2) is 6.10 Å². The molecule has 84 valence electrons. The second-order valence-corrected chi connectivity index (χ2v) is 3.29. The second kappa shape index (κ2) is 4.13. The third kappa shape index (κ3) is 2.08. The highest BCUT2D eigenvalue weighted by Crippen LogP contribution is 2.12. The van der Waals surface area contributed by atoms with Crippen molar-refractivity contribution < 1.29 is 14.3 Å². The fraction of sp³-hybridized carbons (Fsp3) is 0.333. The minimum absolute atomic E-state index is 0.0587. The molecule has 0 spiro atoms. The summed E-state index contributed by atoms with van der Waals surface area (Å²) in [4.78, 5) is 29.5. The topological polar surface area (TPSA) is 107 Å². The lowest BCUT2D eigenvalue weighted by molar-refractivity contribution is -0.125. The van der Waals surface area contributed by atoms with Gasteiger partial charge in [-0.1, -0.05) is 0 Å². The zero-order valence-electron chi connectivity index (χ0n) is 8.34. The largest absolute Gasteiger partial charge is 0.464 e. The van der Waals surface area contributed by atoms with Gasteiger partial charge in [-0.05, 0) is 0 Å². The summed E-state index contributed by atoms with van der Waals surface area (Å²) in [5.74, 6) is -0.673. The van der Waals surface area contributed by atoms with Gasteiger partial charge in [0.1, 0.15) is 12.0 Å². The Morgan fingerprint density at radius 3 is 3.00 bits per heavy atom. The average Bonchev–Trinajstić information content (AvgIpc) is 2.65. The van der Waals surface area contributed by atoms with Crippen LogP contribution >= 0.6 is 0 Å². The van der Waals surface area contributed by atoms with Gasteiger partial charge in [0, 0.05) is 19.0 Å². The lowest BCUT2D eigenvalue weighted by Gasteiger charge is -2.09. The normalized spacial score (nSPS) is 19.2. The fourth-order valence-electron chi connectivity index (χ4n) is 1.37. The van der Waals surface area contributed by atoms with Crippen LogP contribution in [-0.4, -0.2) is 34.4 Å².